The molecule has 0 unspecified atom stereocenters. The third kappa shape index (κ3) is 4.06. The van der Waals surface area contributed by atoms with E-state index in [1.165, 1.54) is 3.57 Å². The largest absolute Gasteiger partial charge is 0.452 e. The molecule has 0 N–H and O–H groups in total. The van der Waals surface area contributed by atoms with Crippen molar-refractivity contribution in [1.29, 1.82) is 0 Å². The molecule has 0 atom stereocenters. The maximum absolute atomic E-state index is 6.11. The number of benzene rings is 6. The molecular formula is C37H21Br2IO4. The predicted molar refractivity (Wildman–Crippen MR) is 197 cm³/mol. The summed E-state index contributed by atoms with van der Waals surface area (Å²) in [6.45, 7) is 0. The zero-order valence-electron chi connectivity index (χ0n) is 22.1. The second-order valence-electron chi connectivity index (χ2n) is 10.4. The predicted octanol–water partition coefficient (Wildman–Crippen LogP) is 13.7. The van der Waals surface area contributed by atoms with Gasteiger partial charge in [-0.25, -0.2) is 0 Å². The third-order valence-electron chi connectivity index (χ3n) is 7.98. The maximum Gasteiger partial charge on any atom is 0.178 e. The highest BCUT2D eigenvalue weighted by Crippen LogP contribution is 2.41. The highest BCUT2D eigenvalue weighted by molar-refractivity contribution is 14.1. The topological polar surface area (TPSA) is 52.6 Å². The molecule has 44 heavy (non-hydrogen) atoms. The first-order chi connectivity index (χ1) is 21.0. The van der Waals surface area contributed by atoms with Gasteiger partial charge in [-0.3, -0.25) is 0 Å². The number of hydrogen-bond donors (Lipinski definition) is 0. The van der Waals surface area contributed by atoms with Crippen LogP contribution in [-0.2, 0) is 0 Å². The minimum Gasteiger partial charge on any atom is -0.452 e. The molecule has 0 bridgehead atoms. The lowest BCUT2D eigenvalue weighted by molar-refractivity contribution is 0.632. The van der Waals surface area contributed by atoms with Crippen molar-refractivity contribution in [3.8, 4) is 0 Å². The first kappa shape index (κ1) is 27.7. The van der Waals surface area contributed by atoms with Crippen molar-refractivity contribution < 1.29 is 17.7 Å². The average molecular weight is 816 g/mol. The molecule has 4 aromatic heterocycles. The average Bonchev–Trinajstić information content (AvgIpc) is 3.78. The van der Waals surface area contributed by atoms with E-state index in [9.17, 15) is 0 Å². The molecule has 0 saturated heterocycles. The van der Waals surface area contributed by atoms with Crippen LogP contribution in [-0.4, -0.2) is 0 Å². The van der Waals surface area contributed by atoms with Crippen molar-refractivity contribution in [2.24, 2.45) is 0 Å². The Labute approximate surface area is 280 Å². The second kappa shape index (κ2) is 10.4. The van der Waals surface area contributed by atoms with Crippen LogP contribution in [0, 0.1) is 3.57 Å². The lowest BCUT2D eigenvalue weighted by Crippen LogP contribution is -1.70. The van der Waals surface area contributed by atoms with Crippen LogP contribution < -0.4 is 0 Å². The van der Waals surface area contributed by atoms with Crippen LogP contribution in [0.25, 0.3) is 87.8 Å². The summed E-state index contributed by atoms with van der Waals surface area (Å²) in [5, 5.41) is 8.79. The number of halogens is 3. The van der Waals surface area contributed by atoms with Gasteiger partial charge < -0.3 is 17.7 Å². The normalized spacial score (nSPS) is 11.8. The van der Waals surface area contributed by atoms with E-state index in [0.717, 1.165) is 96.7 Å². The van der Waals surface area contributed by atoms with Gasteiger partial charge in [-0.1, -0.05) is 49.9 Å². The molecule has 214 valence electrons. The Morgan fingerprint density at radius 2 is 0.818 bits per heavy atom. The molecule has 10 rings (SSSR count). The van der Waals surface area contributed by atoms with Gasteiger partial charge in [-0.05, 0) is 115 Å². The highest BCUT2D eigenvalue weighted by Gasteiger charge is 2.18. The minimum atomic E-state index is 0. The number of rotatable bonds is 0. The summed E-state index contributed by atoms with van der Waals surface area (Å²) in [6, 6.07) is 34.9. The van der Waals surface area contributed by atoms with E-state index in [1.807, 2.05) is 48.5 Å². The molecule has 0 amide bonds. The van der Waals surface area contributed by atoms with E-state index in [1.54, 1.807) is 0 Å². The van der Waals surface area contributed by atoms with Gasteiger partial charge in [0.05, 0.1) is 8.95 Å². The van der Waals surface area contributed by atoms with E-state index in [-0.39, 0.29) is 7.43 Å². The molecule has 4 heterocycles. The Kier molecular flexibility index (Phi) is 6.55. The van der Waals surface area contributed by atoms with E-state index < -0.39 is 0 Å². The van der Waals surface area contributed by atoms with Crippen molar-refractivity contribution in [3.05, 3.63) is 116 Å². The van der Waals surface area contributed by atoms with Crippen molar-refractivity contribution in [1.82, 2.24) is 0 Å². The molecule has 0 fully saturated rings. The van der Waals surface area contributed by atoms with Gasteiger partial charge in [0.2, 0.25) is 0 Å². The zero-order valence-corrected chi connectivity index (χ0v) is 27.4. The summed E-state index contributed by atoms with van der Waals surface area (Å²) in [7, 11) is 0. The Bertz CT molecular complexity index is 2730. The summed E-state index contributed by atoms with van der Waals surface area (Å²) in [5.41, 5.74) is 6.76. The first-order valence-corrected chi connectivity index (χ1v) is 16.2. The van der Waals surface area contributed by atoms with Crippen molar-refractivity contribution in [2.75, 3.05) is 0 Å². The van der Waals surface area contributed by atoms with Crippen LogP contribution in [0.5, 0.6) is 0 Å². The van der Waals surface area contributed by atoms with Gasteiger partial charge in [0, 0.05) is 46.7 Å². The van der Waals surface area contributed by atoms with Gasteiger partial charge in [-0.2, -0.15) is 0 Å². The van der Waals surface area contributed by atoms with Gasteiger partial charge >= 0.3 is 0 Å². The summed E-state index contributed by atoms with van der Waals surface area (Å²) in [5.74, 6) is 0. The van der Waals surface area contributed by atoms with Crippen molar-refractivity contribution >= 4 is 142 Å². The SMILES string of the molecule is Brc1cccc2c1oc1c2ccc2c3cc(I)ccc3oc21.Brc1cccc2c1oc1c2ccc2c3ccccc3oc21.C. The molecule has 10 aromatic rings. The summed E-state index contributed by atoms with van der Waals surface area (Å²) in [6.07, 6.45) is 0. The van der Waals surface area contributed by atoms with Gasteiger partial charge in [-0.15, -0.1) is 0 Å². The smallest absolute Gasteiger partial charge is 0.178 e. The molecule has 0 aliphatic rings. The molecule has 6 aromatic carbocycles. The highest BCUT2D eigenvalue weighted by atomic mass is 127. The van der Waals surface area contributed by atoms with Crippen molar-refractivity contribution in [2.45, 2.75) is 7.43 Å². The van der Waals surface area contributed by atoms with E-state index in [4.69, 9.17) is 17.7 Å². The molecule has 0 aliphatic carbocycles. The third-order valence-corrected chi connectivity index (χ3v) is 9.90. The van der Waals surface area contributed by atoms with Gasteiger partial charge in [0.25, 0.3) is 0 Å². The molecule has 4 nitrogen and oxygen atoms in total. The Balaban J connectivity index is 0.000000129. The van der Waals surface area contributed by atoms with Crippen LogP contribution in [0.2, 0.25) is 0 Å². The van der Waals surface area contributed by atoms with Gasteiger partial charge in [0.1, 0.15) is 22.3 Å². The summed E-state index contributed by atoms with van der Waals surface area (Å²) < 4.78 is 27.4. The Hall–Kier alpha value is -3.79. The van der Waals surface area contributed by atoms with Crippen LogP contribution in [0.15, 0.2) is 130 Å². The van der Waals surface area contributed by atoms with Crippen LogP contribution in [0.3, 0.4) is 0 Å². The number of para-hydroxylation sites is 3. The van der Waals surface area contributed by atoms with Crippen LogP contribution in [0.4, 0.5) is 0 Å². The number of furan rings is 4. The van der Waals surface area contributed by atoms with Crippen LogP contribution >= 0.6 is 54.5 Å². The fourth-order valence-electron chi connectivity index (χ4n) is 6.03. The standard InChI is InChI=1S/C18H8BrIO2.C18H9BrO2.CH4/c19-14-3-1-2-10-11-5-6-12-13-8-9(20)4-7-15(13)21-17(12)18(11)22-16(10)14;19-14-6-3-5-11-13-9-8-12-10-4-1-2-7-15(10)20-17(12)18(13)21-16(11)14;/h1-8H;1-9H;1H4. The first-order valence-electron chi connectivity index (χ1n) is 13.6. The van der Waals surface area contributed by atoms with E-state index in [2.05, 4.69) is 109 Å². The molecular weight excluding hydrogens is 795 g/mol. The Morgan fingerprint density at radius 1 is 0.386 bits per heavy atom. The lowest BCUT2D eigenvalue weighted by atomic mass is 10.1. The zero-order chi connectivity index (χ0) is 28.8. The molecule has 0 saturated carbocycles. The fourth-order valence-corrected chi connectivity index (χ4v) is 7.42. The number of fused-ring (bicyclic) bond motifs is 14. The second-order valence-corrected chi connectivity index (χ2v) is 13.4. The lowest BCUT2D eigenvalue weighted by Gasteiger charge is -1.91. The molecule has 0 spiro atoms. The Morgan fingerprint density at radius 3 is 1.41 bits per heavy atom. The fraction of sp³-hybridized carbons (Fsp3) is 0.0270. The van der Waals surface area contributed by atoms with Gasteiger partial charge in [0.15, 0.2) is 22.3 Å². The molecule has 0 aliphatic heterocycles. The summed E-state index contributed by atoms with van der Waals surface area (Å²) >= 11 is 9.43. The molecule has 0 radical (unpaired) electrons. The number of hydrogen-bond acceptors (Lipinski definition) is 4. The van der Waals surface area contributed by atoms with Crippen LogP contribution in [0.1, 0.15) is 7.43 Å². The van der Waals surface area contributed by atoms with Crippen molar-refractivity contribution in [3.63, 3.8) is 0 Å². The molecule has 7 heteroatoms. The minimum absolute atomic E-state index is 0. The van der Waals surface area contributed by atoms with E-state index >= 15 is 0 Å². The quantitative estimate of drug-likeness (QED) is 0.143. The van der Waals surface area contributed by atoms with E-state index in [0.29, 0.717) is 0 Å². The summed E-state index contributed by atoms with van der Waals surface area (Å²) in [4.78, 5) is 0. The monoisotopic (exact) mass is 814 g/mol. The maximum atomic E-state index is 6.11.